The maximum Gasteiger partial charge on any atom is 0.335 e. The summed E-state index contributed by atoms with van der Waals surface area (Å²) in [7, 11) is 1.23. The lowest BCUT2D eigenvalue weighted by molar-refractivity contribution is -0.303. The smallest absolute Gasteiger partial charge is 0.335 e. The van der Waals surface area contributed by atoms with Gasteiger partial charge in [-0.05, 0) is 30.4 Å². The van der Waals surface area contributed by atoms with Crippen LogP contribution in [0.3, 0.4) is 0 Å². The quantitative estimate of drug-likeness (QED) is 0.510. The number of cyclic esters (lactones) is 1. The number of fused-ring (bicyclic) bond motifs is 3. The van der Waals surface area contributed by atoms with E-state index in [-0.39, 0.29) is 24.5 Å². The van der Waals surface area contributed by atoms with Crippen molar-refractivity contribution in [3.8, 4) is 0 Å². The molecule has 2 saturated carbocycles. The molecular formula is C27H34O8. The number of aliphatic hydroxyl groups excluding tert-OH is 1. The van der Waals surface area contributed by atoms with Crippen molar-refractivity contribution in [2.45, 2.75) is 77.3 Å². The maximum absolute atomic E-state index is 13.4. The van der Waals surface area contributed by atoms with Crippen molar-refractivity contribution in [2.75, 3.05) is 7.11 Å². The number of carbonyl (C=O) groups excluding carboxylic acids is 3. The molecule has 190 valence electrons. The van der Waals surface area contributed by atoms with Crippen molar-refractivity contribution in [2.24, 2.45) is 28.1 Å². The van der Waals surface area contributed by atoms with Gasteiger partial charge in [-0.15, -0.1) is 0 Å². The number of hydrogen-bond acceptors (Lipinski definition) is 8. The molecule has 0 aromatic carbocycles. The van der Waals surface area contributed by atoms with Gasteiger partial charge in [0, 0.05) is 34.1 Å². The highest BCUT2D eigenvalue weighted by molar-refractivity contribution is 5.88. The van der Waals surface area contributed by atoms with E-state index < -0.39 is 58.0 Å². The summed E-state index contributed by atoms with van der Waals surface area (Å²) in [4.78, 5) is 39.0. The lowest BCUT2D eigenvalue weighted by atomic mass is 9.41. The van der Waals surface area contributed by atoms with Crippen LogP contribution in [0.5, 0.6) is 0 Å². The molecule has 35 heavy (non-hydrogen) atoms. The molecule has 4 fully saturated rings. The molecule has 0 amide bonds. The molecule has 8 atom stereocenters. The zero-order chi connectivity index (χ0) is 25.6. The van der Waals surface area contributed by atoms with Gasteiger partial charge in [-0.3, -0.25) is 9.59 Å². The minimum absolute atomic E-state index is 0.00156. The predicted molar refractivity (Wildman–Crippen MR) is 123 cm³/mol. The topological polar surface area (TPSA) is 112 Å². The second-order valence-corrected chi connectivity index (χ2v) is 11.7. The van der Waals surface area contributed by atoms with E-state index in [1.165, 1.54) is 7.11 Å². The molecule has 5 rings (SSSR count). The van der Waals surface area contributed by atoms with E-state index >= 15 is 0 Å². The SMILES string of the molecule is C=C1[C@H]2CC[C@@]3(C)[C@H](c4ccoc4)OC(=O)C[C@@]13O[C@H]1CC(=O)C(C)(C)[C@H]([C@@H](O)C(=O)OC)[C@]12C. The highest BCUT2D eigenvalue weighted by Gasteiger charge is 2.74. The average Bonchev–Trinajstić information content (AvgIpc) is 3.32. The third-order valence-corrected chi connectivity index (χ3v) is 9.96. The number of ketones is 1. The predicted octanol–water partition coefficient (Wildman–Crippen LogP) is 3.53. The van der Waals surface area contributed by atoms with Gasteiger partial charge >= 0.3 is 11.9 Å². The molecule has 1 spiro atoms. The van der Waals surface area contributed by atoms with Crippen LogP contribution in [-0.4, -0.2) is 47.7 Å². The molecule has 0 unspecified atom stereocenters. The van der Waals surface area contributed by atoms with Gasteiger partial charge in [0.2, 0.25) is 0 Å². The van der Waals surface area contributed by atoms with Crippen LogP contribution in [0, 0.1) is 28.1 Å². The summed E-state index contributed by atoms with van der Waals surface area (Å²) in [6.07, 6.45) is 1.91. The van der Waals surface area contributed by atoms with Gasteiger partial charge in [-0.1, -0.05) is 34.3 Å². The Labute approximate surface area is 205 Å². The number of ether oxygens (including phenoxy) is 3. The molecule has 2 aliphatic carbocycles. The molecule has 8 heteroatoms. The first kappa shape index (κ1) is 24.3. The molecule has 2 bridgehead atoms. The summed E-state index contributed by atoms with van der Waals surface area (Å²) in [6.45, 7) is 12.1. The number of rotatable bonds is 3. The molecule has 1 aromatic heterocycles. The number of esters is 2. The number of methoxy groups -OCH3 is 1. The third kappa shape index (κ3) is 2.90. The van der Waals surface area contributed by atoms with Gasteiger partial charge in [-0.25, -0.2) is 4.79 Å². The van der Waals surface area contributed by atoms with Gasteiger partial charge < -0.3 is 23.7 Å². The minimum Gasteiger partial charge on any atom is -0.472 e. The summed E-state index contributed by atoms with van der Waals surface area (Å²) in [5.41, 5.74) is -1.92. The second-order valence-electron chi connectivity index (χ2n) is 11.7. The van der Waals surface area contributed by atoms with Crippen molar-refractivity contribution < 1.29 is 38.1 Å². The van der Waals surface area contributed by atoms with Crippen molar-refractivity contribution in [1.82, 2.24) is 0 Å². The first-order chi connectivity index (χ1) is 16.3. The van der Waals surface area contributed by atoms with Crippen LogP contribution < -0.4 is 0 Å². The Kier molecular flexibility index (Phi) is 5.22. The van der Waals surface area contributed by atoms with Crippen molar-refractivity contribution in [3.05, 3.63) is 36.3 Å². The number of furan rings is 1. The molecule has 1 aromatic rings. The third-order valence-electron chi connectivity index (χ3n) is 9.96. The van der Waals surface area contributed by atoms with Crippen LogP contribution in [0.25, 0.3) is 0 Å². The molecule has 1 N–H and O–H groups in total. The van der Waals surface area contributed by atoms with Gasteiger partial charge in [-0.2, -0.15) is 0 Å². The summed E-state index contributed by atoms with van der Waals surface area (Å²) in [5.74, 6) is -2.20. The minimum atomic E-state index is -1.50. The van der Waals surface area contributed by atoms with E-state index in [9.17, 15) is 19.5 Å². The summed E-state index contributed by atoms with van der Waals surface area (Å²) >= 11 is 0. The molecular weight excluding hydrogens is 452 g/mol. The number of aliphatic hydroxyl groups is 1. The largest absolute Gasteiger partial charge is 0.472 e. The van der Waals surface area contributed by atoms with Gasteiger partial charge in [0.1, 0.15) is 17.5 Å². The maximum atomic E-state index is 13.4. The molecule has 3 heterocycles. The normalized spacial score (nSPS) is 43.0. The van der Waals surface area contributed by atoms with E-state index in [4.69, 9.17) is 18.6 Å². The Bertz CT molecular complexity index is 1090. The lowest BCUT2D eigenvalue weighted by Gasteiger charge is -2.70. The lowest BCUT2D eigenvalue weighted by Crippen LogP contribution is -2.74. The van der Waals surface area contributed by atoms with Crippen LogP contribution in [0.1, 0.15) is 65.0 Å². The Hall–Kier alpha value is -2.45. The van der Waals surface area contributed by atoms with Gasteiger partial charge in [0.05, 0.1) is 32.2 Å². The van der Waals surface area contributed by atoms with Crippen molar-refractivity contribution >= 4 is 17.7 Å². The fraction of sp³-hybridized carbons (Fsp3) is 0.667. The molecule has 2 saturated heterocycles. The standard InChI is InChI=1S/C27H34O8/c1-14-16-7-9-25(4)22(15-8-10-33-13-15)34-19(29)12-27(14,25)35-18-11-17(28)24(2,3)21(26(16,18)5)20(30)23(31)32-6/h8,10,13,16,18,20-22,30H,1,7,9,11-12H2,2-6H3/t16-,18+,20-,21+,22+,25+,26+,27-/m1/s1. The van der Waals surface area contributed by atoms with Crippen LogP contribution in [-0.2, 0) is 28.6 Å². The second kappa shape index (κ2) is 7.53. The Morgan fingerprint density at radius 3 is 2.60 bits per heavy atom. The van der Waals surface area contributed by atoms with E-state index in [0.29, 0.717) is 12.8 Å². The summed E-state index contributed by atoms with van der Waals surface area (Å²) in [5, 5.41) is 11.2. The highest BCUT2D eigenvalue weighted by Crippen LogP contribution is 2.71. The molecule has 2 aliphatic heterocycles. The molecule has 4 aliphatic rings. The Balaban J connectivity index is 1.65. The number of hydrogen-bond donors (Lipinski definition) is 1. The van der Waals surface area contributed by atoms with Crippen LogP contribution in [0.4, 0.5) is 0 Å². The fourth-order valence-corrected chi connectivity index (χ4v) is 8.08. The van der Waals surface area contributed by atoms with E-state index in [2.05, 4.69) is 13.5 Å². The van der Waals surface area contributed by atoms with E-state index in [1.54, 1.807) is 32.4 Å². The zero-order valence-electron chi connectivity index (χ0n) is 21.0. The highest BCUT2D eigenvalue weighted by atomic mass is 16.6. The Morgan fingerprint density at radius 1 is 1.26 bits per heavy atom. The van der Waals surface area contributed by atoms with Crippen LogP contribution in [0.15, 0.2) is 35.2 Å². The van der Waals surface area contributed by atoms with Gasteiger partial charge in [0.15, 0.2) is 6.10 Å². The van der Waals surface area contributed by atoms with Crippen LogP contribution in [0.2, 0.25) is 0 Å². The fourth-order valence-electron chi connectivity index (χ4n) is 8.08. The number of Topliss-reactive ketones (excluding diaryl/α,β-unsaturated/α-hetero) is 1. The molecule has 0 radical (unpaired) electrons. The van der Waals surface area contributed by atoms with Crippen molar-refractivity contribution in [1.29, 1.82) is 0 Å². The zero-order valence-corrected chi connectivity index (χ0v) is 21.0. The van der Waals surface area contributed by atoms with Crippen molar-refractivity contribution in [3.63, 3.8) is 0 Å². The Morgan fingerprint density at radius 2 is 1.97 bits per heavy atom. The first-order valence-electron chi connectivity index (χ1n) is 12.2. The van der Waals surface area contributed by atoms with E-state index in [0.717, 1.165) is 11.1 Å². The van der Waals surface area contributed by atoms with Crippen LogP contribution >= 0.6 is 0 Å². The molecule has 8 nitrogen and oxygen atoms in total. The number of carbonyl (C=O) groups is 3. The van der Waals surface area contributed by atoms with E-state index in [1.807, 2.05) is 6.92 Å². The average molecular weight is 487 g/mol. The summed E-state index contributed by atoms with van der Waals surface area (Å²) in [6, 6.07) is 1.79. The van der Waals surface area contributed by atoms with Gasteiger partial charge in [0.25, 0.3) is 0 Å². The summed E-state index contributed by atoms with van der Waals surface area (Å²) < 4.78 is 23.0. The monoisotopic (exact) mass is 486 g/mol. The first-order valence-corrected chi connectivity index (χ1v) is 12.2.